The van der Waals surface area contributed by atoms with Gasteiger partial charge in [-0.1, -0.05) is 18.2 Å². The van der Waals surface area contributed by atoms with Crippen LogP contribution in [0.2, 0.25) is 0 Å². The zero-order chi connectivity index (χ0) is 10.6. The zero-order valence-corrected chi connectivity index (χ0v) is 8.62. The summed E-state index contributed by atoms with van der Waals surface area (Å²) in [5, 5.41) is 8.08. The lowest BCUT2D eigenvalue weighted by Crippen LogP contribution is -2.12. The molecule has 0 aliphatic carbocycles. The van der Waals surface area contributed by atoms with Crippen LogP contribution in [0.15, 0.2) is 29.2 Å². The number of hydrogen-bond donors (Lipinski definition) is 1. The smallest absolute Gasteiger partial charge is 0.181 e. The highest BCUT2D eigenvalue weighted by Crippen LogP contribution is 2.15. The maximum atomic E-state index is 11.6. The van der Waals surface area contributed by atoms with Crippen molar-refractivity contribution in [2.45, 2.75) is 11.8 Å². The summed E-state index contributed by atoms with van der Waals surface area (Å²) >= 11 is 0. The van der Waals surface area contributed by atoms with E-state index in [0.717, 1.165) is 0 Å². The molecule has 0 fully saturated rings. The van der Waals surface area contributed by atoms with Gasteiger partial charge in [-0.3, -0.25) is 5.26 Å². The lowest BCUT2D eigenvalue weighted by atomic mass is 10.2. The van der Waals surface area contributed by atoms with E-state index >= 15 is 0 Å². The molecule has 0 aliphatic heterocycles. The highest BCUT2D eigenvalue weighted by atomic mass is 32.2. The van der Waals surface area contributed by atoms with Gasteiger partial charge in [-0.2, -0.15) is 0 Å². The third-order valence-electron chi connectivity index (χ3n) is 1.87. The molecule has 0 amide bonds. The number of aryl methyl sites for hydroxylation is 1. The predicted octanol–water partition coefficient (Wildman–Crippen LogP) is 1.26. The molecule has 5 heteroatoms. The van der Waals surface area contributed by atoms with Gasteiger partial charge in [0.25, 0.3) is 0 Å². The van der Waals surface area contributed by atoms with Crippen molar-refractivity contribution in [3.05, 3.63) is 29.8 Å². The van der Waals surface area contributed by atoms with Crippen molar-refractivity contribution in [3.8, 4) is 0 Å². The monoisotopic (exact) mass is 216 g/mol. The standard InChI is InChI=1S/C9H12O4S/c1-8-4-2-3-5-9(8)14(11,12)7-6-13-10/h2-5,10H,6-7H2,1H3. The fourth-order valence-corrected chi connectivity index (χ4v) is 2.52. The van der Waals surface area contributed by atoms with Crippen molar-refractivity contribution in [1.29, 1.82) is 0 Å². The van der Waals surface area contributed by atoms with Gasteiger partial charge in [-0.25, -0.2) is 13.3 Å². The van der Waals surface area contributed by atoms with Gasteiger partial charge in [0.2, 0.25) is 0 Å². The molecule has 0 bridgehead atoms. The molecule has 0 radical (unpaired) electrons. The minimum absolute atomic E-state index is 0.212. The molecule has 1 rings (SSSR count). The molecule has 0 spiro atoms. The second kappa shape index (κ2) is 4.54. The van der Waals surface area contributed by atoms with E-state index in [1.54, 1.807) is 31.2 Å². The van der Waals surface area contributed by atoms with Gasteiger partial charge < -0.3 is 0 Å². The molecule has 0 aromatic heterocycles. The van der Waals surface area contributed by atoms with Gasteiger partial charge in [-0.15, -0.1) is 0 Å². The van der Waals surface area contributed by atoms with Crippen LogP contribution in [0.1, 0.15) is 5.56 Å². The molecule has 1 aromatic rings. The first-order valence-electron chi connectivity index (χ1n) is 4.12. The molecule has 0 saturated carbocycles. The van der Waals surface area contributed by atoms with Crippen LogP contribution in [-0.4, -0.2) is 26.0 Å². The van der Waals surface area contributed by atoms with Crippen molar-refractivity contribution in [2.24, 2.45) is 0 Å². The van der Waals surface area contributed by atoms with Crippen LogP contribution >= 0.6 is 0 Å². The molecule has 1 N–H and O–H groups in total. The molecule has 14 heavy (non-hydrogen) atoms. The summed E-state index contributed by atoms with van der Waals surface area (Å²) in [5.41, 5.74) is 0.699. The van der Waals surface area contributed by atoms with E-state index in [0.29, 0.717) is 5.56 Å². The van der Waals surface area contributed by atoms with Gasteiger partial charge in [0.1, 0.15) is 0 Å². The summed E-state index contributed by atoms with van der Waals surface area (Å²) in [6, 6.07) is 6.71. The van der Waals surface area contributed by atoms with Gasteiger partial charge >= 0.3 is 0 Å². The average Bonchev–Trinajstić information content (AvgIpc) is 2.15. The van der Waals surface area contributed by atoms with Crippen molar-refractivity contribution < 1.29 is 18.6 Å². The normalized spacial score (nSPS) is 11.6. The largest absolute Gasteiger partial charge is 0.252 e. The summed E-state index contributed by atoms with van der Waals surface area (Å²) in [7, 11) is -3.34. The molecule has 78 valence electrons. The van der Waals surface area contributed by atoms with Crippen LogP contribution in [0.4, 0.5) is 0 Å². The van der Waals surface area contributed by atoms with Crippen molar-refractivity contribution in [1.82, 2.24) is 0 Å². The van der Waals surface area contributed by atoms with Crippen LogP contribution in [0.3, 0.4) is 0 Å². The van der Waals surface area contributed by atoms with E-state index < -0.39 is 9.84 Å². The van der Waals surface area contributed by atoms with Crippen LogP contribution in [0.25, 0.3) is 0 Å². The number of sulfone groups is 1. The van der Waals surface area contributed by atoms with Gasteiger partial charge in [-0.05, 0) is 18.6 Å². The average molecular weight is 216 g/mol. The van der Waals surface area contributed by atoms with E-state index in [2.05, 4.69) is 4.89 Å². The van der Waals surface area contributed by atoms with E-state index in [4.69, 9.17) is 5.26 Å². The first-order chi connectivity index (χ1) is 6.58. The topological polar surface area (TPSA) is 63.6 Å². The van der Waals surface area contributed by atoms with Crippen molar-refractivity contribution >= 4 is 9.84 Å². The number of hydrogen-bond acceptors (Lipinski definition) is 4. The Hall–Kier alpha value is -0.910. The van der Waals surface area contributed by atoms with Crippen LogP contribution < -0.4 is 0 Å². The first-order valence-corrected chi connectivity index (χ1v) is 5.78. The minimum Gasteiger partial charge on any atom is -0.252 e. The molecule has 0 heterocycles. The maximum Gasteiger partial charge on any atom is 0.181 e. The Labute approximate surface area is 83.0 Å². The van der Waals surface area contributed by atoms with Crippen LogP contribution in [0.5, 0.6) is 0 Å². The summed E-state index contributed by atoms with van der Waals surface area (Å²) < 4.78 is 23.2. The summed E-state index contributed by atoms with van der Waals surface area (Å²) in [4.78, 5) is 4.05. The lowest BCUT2D eigenvalue weighted by Gasteiger charge is -2.05. The molecular weight excluding hydrogens is 204 g/mol. The molecule has 0 saturated heterocycles. The van der Waals surface area contributed by atoms with E-state index in [1.807, 2.05) is 0 Å². The quantitative estimate of drug-likeness (QED) is 0.608. The highest BCUT2D eigenvalue weighted by molar-refractivity contribution is 7.91. The fourth-order valence-electron chi connectivity index (χ4n) is 1.16. The van der Waals surface area contributed by atoms with Gasteiger partial charge in [0.15, 0.2) is 9.84 Å². The second-order valence-corrected chi connectivity index (χ2v) is 5.00. The fraction of sp³-hybridized carbons (Fsp3) is 0.333. The number of benzene rings is 1. The molecule has 0 aliphatic rings. The Balaban J connectivity index is 2.99. The SMILES string of the molecule is Cc1ccccc1S(=O)(=O)CCOO. The van der Waals surface area contributed by atoms with E-state index in [9.17, 15) is 8.42 Å². The molecular formula is C9H12O4S. The Kier molecular flexibility index (Phi) is 3.62. The molecule has 0 atom stereocenters. The summed E-state index contributed by atoms with van der Waals surface area (Å²) in [6.45, 7) is 1.52. The van der Waals surface area contributed by atoms with Gasteiger partial charge in [0, 0.05) is 0 Å². The van der Waals surface area contributed by atoms with Gasteiger partial charge in [0.05, 0.1) is 17.3 Å². The van der Waals surface area contributed by atoms with Crippen molar-refractivity contribution in [3.63, 3.8) is 0 Å². The summed E-state index contributed by atoms with van der Waals surface area (Å²) in [6.07, 6.45) is 0. The highest BCUT2D eigenvalue weighted by Gasteiger charge is 2.15. The molecule has 1 aromatic carbocycles. The first kappa shape index (κ1) is 11.2. The van der Waals surface area contributed by atoms with E-state index in [-0.39, 0.29) is 17.3 Å². The maximum absolute atomic E-state index is 11.6. The lowest BCUT2D eigenvalue weighted by molar-refractivity contribution is -0.237. The third kappa shape index (κ3) is 2.54. The summed E-state index contributed by atoms with van der Waals surface area (Å²) in [5.74, 6) is -0.214. The zero-order valence-electron chi connectivity index (χ0n) is 7.80. The minimum atomic E-state index is -3.34. The van der Waals surface area contributed by atoms with E-state index in [1.165, 1.54) is 0 Å². The van der Waals surface area contributed by atoms with Crippen LogP contribution in [-0.2, 0) is 14.7 Å². The number of rotatable bonds is 4. The molecule has 4 nitrogen and oxygen atoms in total. The Bertz CT molecular complexity index is 397. The Morgan fingerprint density at radius 2 is 2.00 bits per heavy atom. The Morgan fingerprint density at radius 3 is 2.57 bits per heavy atom. The molecule has 0 unspecified atom stereocenters. The second-order valence-electron chi connectivity index (χ2n) is 2.92. The Morgan fingerprint density at radius 1 is 1.36 bits per heavy atom. The van der Waals surface area contributed by atoms with Crippen LogP contribution in [0, 0.1) is 6.92 Å². The third-order valence-corrected chi connectivity index (χ3v) is 3.70. The van der Waals surface area contributed by atoms with Crippen molar-refractivity contribution in [2.75, 3.05) is 12.4 Å². The predicted molar refractivity (Wildman–Crippen MR) is 51.8 cm³/mol.